The van der Waals surface area contributed by atoms with Crippen LogP contribution in [0.25, 0.3) is 0 Å². The molecule has 0 saturated carbocycles. The largest absolute Gasteiger partial charge is 0.376 e. The first-order valence-electron chi connectivity index (χ1n) is 9.68. The highest BCUT2D eigenvalue weighted by atomic mass is 19.1. The van der Waals surface area contributed by atoms with Crippen LogP contribution in [0.5, 0.6) is 0 Å². The molecule has 2 N–H and O–H groups in total. The number of benzene rings is 1. The van der Waals surface area contributed by atoms with E-state index in [1.54, 1.807) is 4.90 Å². The Bertz CT molecular complexity index is 910. The average molecular weight is 404 g/mol. The quantitative estimate of drug-likeness (QED) is 0.817. The molecule has 3 heterocycles. The molecule has 2 aliphatic heterocycles. The molecular formula is C20H22F2N4O3. The fourth-order valence-corrected chi connectivity index (χ4v) is 3.88. The first-order valence-corrected chi connectivity index (χ1v) is 9.68. The first-order chi connectivity index (χ1) is 14.0. The SMILES string of the molecule is O=C(NCC1CCCN(C(=O)c2n[nH]c3c2COCC3)C1)c1cc(F)cc(F)c1. The van der Waals surface area contributed by atoms with Crippen molar-refractivity contribution in [3.63, 3.8) is 0 Å². The van der Waals surface area contributed by atoms with Gasteiger partial charge in [0.2, 0.25) is 0 Å². The van der Waals surface area contributed by atoms with Gasteiger partial charge in [-0.05, 0) is 30.9 Å². The van der Waals surface area contributed by atoms with Crippen molar-refractivity contribution in [3.8, 4) is 0 Å². The predicted octanol–water partition coefficient (Wildman–Crippen LogP) is 2.04. The van der Waals surface area contributed by atoms with Gasteiger partial charge in [-0.1, -0.05) is 0 Å². The third-order valence-electron chi connectivity index (χ3n) is 5.38. The van der Waals surface area contributed by atoms with Crippen molar-refractivity contribution in [1.82, 2.24) is 20.4 Å². The van der Waals surface area contributed by atoms with Gasteiger partial charge in [-0.3, -0.25) is 14.7 Å². The van der Waals surface area contributed by atoms with Gasteiger partial charge in [0, 0.05) is 48.9 Å². The highest BCUT2D eigenvalue weighted by molar-refractivity contribution is 5.94. The van der Waals surface area contributed by atoms with Crippen LogP contribution in [0.4, 0.5) is 8.78 Å². The number of nitrogens with zero attached hydrogens (tertiary/aromatic N) is 2. The second kappa shape index (κ2) is 8.28. The van der Waals surface area contributed by atoms with Gasteiger partial charge < -0.3 is 15.0 Å². The van der Waals surface area contributed by atoms with Crippen LogP contribution in [-0.4, -0.2) is 53.2 Å². The van der Waals surface area contributed by atoms with E-state index in [0.717, 1.165) is 42.3 Å². The molecule has 1 atom stereocenters. The van der Waals surface area contributed by atoms with Crippen molar-refractivity contribution >= 4 is 11.8 Å². The van der Waals surface area contributed by atoms with E-state index in [9.17, 15) is 18.4 Å². The van der Waals surface area contributed by atoms with Crippen LogP contribution in [0.1, 0.15) is 44.9 Å². The Morgan fingerprint density at radius 2 is 2.07 bits per heavy atom. The van der Waals surface area contributed by atoms with Gasteiger partial charge in [0.05, 0.1) is 13.2 Å². The summed E-state index contributed by atoms with van der Waals surface area (Å²) in [4.78, 5) is 26.9. The third-order valence-corrected chi connectivity index (χ3v) is 5.38. The van der Waals surface area contributed by atoms with E-state index in [1.807, 2.05) is 0 Å². The average Bonchev–Trinajstić information content (AvgIpc) is 3.15. The summed E-state index contributed by atoms with van der Waals surface area (Å²) >= 11 is 0. The van der Waals surface area contributed by atoms with Crippen molar-refractivity contribution in [1.29, 1.82) is 0 Å². The smallest absolute Gasteiger partial charge is 0.274 e. The number of nitrogens with one attached hydrogen (secondary N) is 2. The number of likely N-dealkylation sites (tertiary alicyclic amines) is 1. The van der Waals surface area contributed by atoms with Gasteiger partial charge in [-0.25, -0.2) is 8.78 Å². The predicted molar refractivity (Wildman–Crippen MR) is 99.3 cm³/mol. The Labute approximate surface area is 166 Å². The number of rotatable bonds is 4. The Balaban J connectivity index is 1.36. The van der Waals surface area contributed by atoms with Gasteiger partial charge in [0.25, 0.3) is 11.8 Å². The molecule has 4 rings (SSSR count). The standard InChI is InChI=1S/C20H22F2N4O3/c21-14-6-13(7-15(22)8-14)19(27)23-9-12-2-1-4-26(10-12)20(28)18-16-11-29-5-3-17(16)24-25-18/h6-8,12H,1-5,9-11H2,(H,23,27)(H,24,25). The van der Waals surface area contributed by atoms with Crippen LogP contribution in [0, 0.1) is 17.6 Å². The maximum absolute atomic E-state index is 13.3. The fraction of sp³-hybridized carbons (Fsp3) is 0.450. The van der Waals surface area contributed by atoms with E-state index in [0.29, 0.717) is 45.0 Å². The number of carbonyl (C=O) groups excluding carboxylic acids is 2. The zero-order valence-electron chi connectivity index (χ0n) is 15.8. The van der Waals surface area contributed by atoms with E-state index >= 15 is 0 Å². The maximum Gasteiger partial charge on any atom is 0.274 e. The summed E-state index contributed by atoms with van der Waals surface area (Å²) in [5.41, 5.74) is 2.11. The second-order valence-electron chi connectivity index (χ2n) is 7.46. The minimum absolute atomic E-state index is 0.0566. The fourth-order valence-electron chi connectivity index (χ4n) is 3.88. The molecule has 2 aliphatic rings. The zero-order valence-corrected chi connectivity index (χ0v) is 15.8. The van der Waals surface area contributed by atoms with Crippen LogP contribution in [0.2, 0.25) is 0 Å². The molecule has 1 saturated heterocycles. The summed E-state index contributed by atoms with van der Waals surface area (Å²) in [6.45, 7) is 2.43. The maximum atomic E-state index is 13.3. The van der Waals surface area contributed by atoms with Crippen LogP contribution in [0.15, 0.2) is 18.2 Å². The van der Waals surface area contributed by atoms with E-state index in [1.165, 1.54) is 0 Å². The normalized spacial score (nSPS) is 19.0. The van der Waals surface area contributed by atoms with Crippen LogP contribution in [-0.2, 0) is 17.8 Å². The lowest BCUT2D eigenvalue weighted by atomic mass is 9.97. The number of hydrogen-bond donors (Lipinski definition) is 2. The van der Waals surface area contributed by atoms with Crippen molar-refractivity contribution in [2.45, 2.75) is 25.9 Å². The van der Waals surface area contributed by atoms with Gasteiger partial charge in [0.15, 0.2) is 5.69 Å². The lowest BCUT2D eigenvalue weighted by Crippen LogP contribution is -2.44. The summed E-state index contributed by atoms with van der Waals surface area (Å²) in [6.07, 6.45) is 2.37. The summed E-state index contributed by atoms with van der Waals surface area (Å²) in [5, 5.41) is 9.84. The molecule has 0 aliphatic carbocycles. The number of hydrogen-bond acceptors (Lipinski definition) is 4. The molecule has 1 unspecified atom stereocenters. The number of aromatic nitrogens is 2. The first kappa shape index (κ1) is 19.5. The summed E-state index contributed by atoms with van der Waals surface area (Å²) in [5.74, 6) is -2.21. The van der Waals surface area contributed by atoms with Crippen molar-refractivity contribution in [2.75, 3.05) is 26.2 Å². The number of aromatic amines is 1. The minimum Gasteiger partial charge on any atom is -0.376 e. The summed E-state index contributed by atoms with van der Waals surface area (Å²) in [7, 11) is 0. The molecule has 1 aromatic heterocycles. The molecule has 154 valence electrons. The number of amides is 2. The monoisotopic (exact) mass is 404 g/mol. The van der Waals surface area contributed by atoms with Crippen molar-refractivity contribution in [2.24, 2.45) is 5.92 Å². The van der Waals surface area contributed by atoms with Gasteiger partial charge in [-0.15, -0.1) is 0 Å². The van der Waals surface area contributed by atoms with Crippen LogP contribution in [0.3, 0.4) is 0 Å². The summed E-state index contributed by atoms with van der Waals surface area (Å²) < 4.78 is 32.0. The van der Waals surface area contributed by atoms with E-state index < -0.39 is 17.5 Å². The molecule has 0 spiro atoms. The van der Waals surface area contributed by atoms with Crippen molar-refractivity contribution in [3.05, 3.63) is 52.3 Å². The number of H-pyrrole nitrogens is 1. The Kier molecular flexibility index (Phi) is 5.57. The molecule has 1 fully saturated rings. The highest BCUT2D eigenvalue weighted by Crippen LogP contribution is 2.23. The van der Waals surface area contributed by atoms with Crippen LogP contribution >= 0.6 is 0 Å². The second-order valence-corrected chi connectivity index (χ2v) is 7.46. The topological polar surface area (TPSA) is 87.3 Å². The summed E-state index contributed by atoms with van der Waals surface area (Å²) in [6, 6.07) is 2.72. The molecule has 0 bridgehead atoms. The Morgan fingerprint density at radius 1 is 1.28 bits per heavy atom. The van der Waals surface area contributed by atoms with E-state index in [-0.39, 0.29) is 17.4 Å². The van der Waals surface area contributed by atoms with E-state index in [2.05, 4.69) is 15.5 Å². The highest BCUT2D eigenvalue weighted by Gasteiger charge is 2.29. The number of halogens is 2. The van der Waals surface area contributed by atoms with Gasteiger partial charge >= 0.3 is 0 Å². The number of carbonyl (C=O) groups is 2. The Morgan fingerprint density at radius 3 is 2.86 bits per heavy atom. The molecule has 1 aromatic carbocycles. The number of fused-ring (bicyclic) bond motifs is 1. The molecular weight excluding hydrogens is 382 g/mol. The van der Waals surface area contributed by atoms with Crippen LogP contribution < -0.4 is 5.32 Å². The lowest BCUT2D eigenvalue weighted by Gasteiger charge is -2.32. The molecule has 9 heteroatoms. The number of piperidine rings is 1. The molecule has 2 amide bonds. The molecule has 29 heavy (non-hydrogen) atoms. The van der Waals surface area contributed by atoms with Crippen molar-refractivity contribution < 1.29 is 23.1 Å². The van der Waals surface area contributed by atoms with Gasteiger partial charge in [-0.2, -0.15) is 5.10 Å². The molecule has 0 radical (unpaired) electrons. The van der Waals surface area contributed by atoms with E-state index in [4.69, 9.17) is 4.74 Å². The molecule has 2 aromatic rings. The Hall–Kier alpha value is -2.81. The number of ether oxygens (including phenoxy) is 1. The zero-order chi connectivity index (χ0) is 20.4. The molecule has 7 nitrogen and oxygen atoms in total. The third kappa shape index (κ3) is 4.29. The van der Waals surface area contributed by atoms with Gasteiger partial charge in [0.1, 0.15) is 11.6 Å². The minimum atomic E-state index is -0.795. The lowest BCUT2D eigenvalue weighted by molar-refractivity contribution is 0.0653.